The van der Waals surface area contributed by atoms with Gasteiger partial charge >= 0.3 is 5.97 Å². The molecule has 0 aliphatic heterocycles. The van der Waals surface area contributed by atoms with E-state index in [4.69, 9.17) is 4.74 Å². The van der Waals surface area contributed by atoms with Crippen molar-refractivity contribution in [1.29, 1.82) is 0 Å². The predicted octanol–water partition coefficient (Wildman–Crippen LogP) is 2.50. The lowest BCUT2D eigenvalue weighted by molar-refractivity contribution is 0.0524. The quantitative estimate of drug-likeness (QED) is 0.475. The minimum atomic E-state index is -3.75. The fraction of sp³-hybridized carbons (Fsp3) is 0.278. The molecule has 2 aromatic rings. The number of carbonyl (C=O) groups is 1. The topological polar surface area (TPSA) is 97.7 Å². The maximum atomic E-state index is 12.2. The summed E-state index contributed by atoms with van der Waals surface area (Å²) in [5.41, 5.74) is 2.97. The van der Waals surface area contributed by atoms with Gasteiger partial charge in [-0.25, -0.2) is 9.63 Å². The Balaban J connectivity index is 2.18. The molecule has 8 heteroatoms. The number of carbonyl (C=O) groups excluding carboxylic acids is 1. The van der Waals surface area contributed by atoms with Crippen molar-refractivity contribution in [3.05, 3.63) is 58.4 Å². The summed E-state index contributed by atoms with van der Waals surface area (Å²) in [6.07, 6.45) is 1.29. The summed E-state index contributed by atoms with van der Waals surface area (Å²) in [5.74, 6) is -0.432. The molecule has 0 aliphatic rings. The number of benzene rings is 1. The molecule has 26 heavy (non-hydrogen) atoms. The number of aryl methyl sites for hydroxylation is 3. The smallest absolute Gasteiger partial charge is 0.340 e. The minimum absolute atomic E-state index is 0.123. The second-order valence-corrected chi connectivity index (χ2v) is 7.37. The fourth-order valence-corrected chi connectivity index (χ4v) is 3.16. The number of esters is 1. The van der Waals surface area contributed by atoms with Gasteiger partial charge in [0.25, 0.3) is 10.0 Å². The van der Waals surface area contributed by atoms with E-state index in [1.165, 1.54) is 18.3 Å². The lowest BCUT2D eigenvalue weighted by atomic mass is 10.1. The SMILES string of the molecule is CCOC(=O)c1c(C)cc(C=NNS(=O)(=O)c2ccc(C)cc2)nc1C. The van der Waals surface area contributed by atoms with Crippen LogP contribution in [0.15, 0.2) is 40.3 Å². The molecule has 7 nitrogen and oxygen atoms in total. The Hall–Kier alpha value is -2.74. The summed E-state index contributed by atoms with van der Waals surface area (Å²) >= 11 is 0. The van der Waals surface area contributed by atoms with Crippen molar-refractivity contribution in [2.24, 2.45) is 5.10 Å². The van der Waals surface area contributed by atoms with Crippen molar-refractivity contribution in [1.82, 2.24) is 9.82 Å². The maximum absolute atomic E-state index is 12.2. The molecule has 0 radical (unpaired) electrons. The summed E-state index contributed by atoms with van der Waals surface area (Å²) in [6.45, 7) is 7.33. The highest BCUT2D eigenvalue weighted by atomic mass is 32.2. The van der Waals surface area contributed by atoms with Crippen LogP contribution < -0.4 is 4.83 Å². The first-order valence-corrected chi connectivity index (χ1v) is 9.50. The van der Waals surface area contributed by atoms with Crippen molar-refractivity contribution in [2.75, 3.05) is 6.61 Å². The highest BCUT2D eigenvalue weighted by Gasteiger charge is 2.16. The maximum Gasteiger partial charge on any atom is 0.340 e. The van der Waals surface area contributed by atoms with Crippen LogP contribution in [0.1, 0.15) is 39.8 Å². The summed E-state index contributed by atoms with van der Waals surface area (Å²) in [6, 6.07) is 8.08. The summed E-state index contributed by atoms with van der Waals surface area (Å²) in [7, 11) is -3.75. The van der Waals surface area contributed by atoms with Gasteiger partial charge in [0, 0.05) is 0 Å². The number of sulfonamides is 1. The van der Waals surface area contributed by atoms with Crippen LogP contribution in [0.3, 0.4) is 0 Å². The van der Waals surface area contributed by atoms with Crippen molar-refractivity contribution >= 4 is 22.2 Å². The van der Waals surface area contributed by atoms with Gasteiger partial charge in [-0.2, -0.15) is 13.5 Å². The molecule has 1 heterocycles. The molecule has 0 saturated heterocycles. The Morgan fingerprint density at radius 2 is 1.88 bits per heavy atom. The number of hydrogen-bond acceptors (Lipinski definition) is 6. The lowest BCUT2D eigenvalue weighted by Gasteiger charge is -2.09. The van der Waals surface area contributed by atoms with Crippen molar-refractivity contribution < 1.29 is 17.9 Å². The minimum Gasteiger partial charge on any atom is -0.462 e. The third-order valence-corrected chi connectivity index (χ3v) is 4.84. The monoisotopic (exact) mass is 375 g/mol. The van der Waals surface area contributed by atoms with E-state index in [-0.39, 0.29) is 11.5 Å². The van der Waals surface area contributed by atoms with E-state index in [0.29, 0.717) is 22.5 Å². The molecular formula is C18H21N3O4S. The summed E-state index contributed by atoms with van der Waals surface area (Å²) in [5, 5.41) is 3.76. The van der Waals surface area contributed by atoms with Gasteiger partial charge in [-0.3, -0.25) is 4.98 Å². The van der Waals surface area contributed by atoms with Gasteiger partial charge in [-0.05, 0) is 51.5 Å². The standard InChI is InChI=1S/C18H21N3O4S/c1-5-25-18(22)17-13(3)10-15(20-14(17)4)11-19-21-26(23,24)16-8-6-12(2)7-9-16/h6-11,21H,5H2,1-4H3. The second-order valence-electron chi connectivity index (χ2n) is 5.71. The van der Waals surface area contributed by atoms with Gasteiger partial charge in [-0.15, -0.1) is 0 Å². The Bertz CT molecular complexity index is 912. The zero-order chi connectivity index (χ0) is 19.3. The van der Waals surface area contributed by atoms with E-state index in [0.717, 1.165) is 5.56 Å². The normalized spacial score (nSPS) is 11.5. The zero-order valence-electron chi connectivity index (χ0n) is 15.1. The number of nitrogens with zero attached hydrogens (tertiary/aromatic N) is 2. The first-order chi connectivity index (χ1) is 12.2. The first-order valence-electron chi connectivity index (χ1n) is 8.01. The van der Waals surface area contributed by atoms with E-state index in [1.54, 1.807) is 39.0 Å². The van der Waals surface area contributed by atoms with Gasteiger partial charge in [0.2, 0.25) is 0 Å². The van der Waals surface area contributed by atoms with Gasteiger partial charge < -0.3 is 4.74 Å². The zero-order valence-corrected chi connectivity index (χ0v) is 15.9. The number of hydrazone groups is 1. The predicted molar refractivity (Wildman–Crippen MR) is 98.8 cm³/mol. The van der Waals surface area contributed by atoms with Crippen LogP contribution in [0.4, 0.5) is 0 Å². The highest BCUT2D eigenvalue weighted by Crippen LogP contribution is 2.14. The Morgan fingerprint density at radius 1 is 1.23 bits per heavy atom. The second kappa shape index (κ2) is 8.09. The molecule has 0 bridgehead atoms. The fourth-order valence-electron chi connectivity index (χ4n) is 2.37. The van der Waals surface area contributed by atoms with Crippen molar-refractivity contribution in [2.45, 2.75) is 32.6 Å². The summed E-state index contributed by atoms with van der Waals surface area (Å²) in [4.78, 5) is 18.5. The molecule has 0 saturated carbocycles. The molecule has 0 aliphatic carbocycles. The van der Waals surface area contributed by atoms with E-state index >= 15 is 0 Å². The molecule has 0 atom stereocenters. The number of aromatic nitrogens is 1. The van der Waals surface area contributed by atoms with Crippen LogP contribution in [-0.2, 0) is 14.8 Å². The lowest BCUT2D eigenvalue weighted by Crippen LogP contribution is -2.18. The third kappa shape index (κ3) is 4.66. The van der Waals surface area contributed by atoms with Crippen molar-refractivity contribution in [3.63, 3.8) is 0 Å². The number of ether oxygens (including phenoxy) is 1. The van der Waals surface area contributed by atoms with Crippen LogP contribution >= 0.6 is 0 Å². The molecule has 0 unspecified atom stereocenters. The molecule has 0 amide bonds. The largest absolute Gasteiger partial charge is 0.462 e. The number of hydrogen-bond donors (Lipinski definition) is 1. The van der Waals surface area contributed by atoms with Crippen LogP contribution in [0, 0.1) is 20.8 Å². The molecule has 1 N–H and O–H groups in total. The first kappa shape index (κ1) is 19.6. The van der Waals surface area contributed by atoms with Gasteiger partial charge in [0.15, 0.2) is 0 Å². The van der Waals surface area contributed by atoms with E-state index < -0.39 is 16.0 Å². The number of rotatable bonds is 6. The van der Waals surface area contributed by atoms with Gasteiger partial charge in [0.05, 0.1) is 34.7 Å². The van der Waals surface area contributed by atoms with Gasteiger partial charge in [-0.1, -0.05) is 17.7 Å². The average Bonchev–Trinajstić information content (AvgIpc) is 2.54. The molecule has 0 fully saturated rings. The van der Waals surface area contributed by atoms with E-state index in [2.05, 4.69) is 14.9 Å². The summed E-state index contributed by atoms with van der Waals surface area (Å²) < 4.78 is 29.4. The van der Waals surface area contributed by atoms with E-state index in [1.807, 2.05) is 6.92 Å². The molecule has 1 aromatic heterocycles. The van der Waals surface area contributed by atoms with Gasteiger partial charge in [0.1, 0.15) is 0 Å². The van der Waals surface area contributed by atoms with Crippen LogP contribution in [0.2, 0.25) is 0 Å². The highest BCUT2D eigenvalue weighted by molar-refractivity contribution is 7.89. The van der Waals surface area contributed by atoms with Crippen molar-refractivity contribution in [3.8, 4) is 0 Å². The molecule has 2 rings (SSSR count). The Morgan fingerprint density at radius 3 is 2.46 bits per heavy atom. The third-order valence-electron chi connectivity index (χ3n) is 3.60. The molecule has 1 aromatic carbocycles. The Kier molecular flexibility index (Phi) is 6.10. The van der Waals surface area contributed by atoms with Crippen LogP contribution in [-0.4, -0.2) is 32.2 Å². The number of nitrogens with one attached hydrogen (secondary N) is 1. The average molecular weight is 375 g/mol. The van der Waals surface area contributed by atoms with Crippen LogP contribution in [0.25, 0.3) is 0 Å². The Labute approximate surface area is 153 Å². The van der Waals surface area contributed by atoms with Crippen LogP contribution in [0.5, 0.6) is 0 Å². The van der Waals surface area contributed by atoms with E-state index in [9.17, 15) is 13.2 Å². The molecule has 0 spiro atoms. The molecule has 138 valence electrons. The molecular weight excluding hydrogens is 354 g/mol. The number of pyridine rings is 1.